The third-order valence-electron chi connectivity index (χ3n) is 5.31. The number of nitrogens with zero attached hydrogens (tertiary/aromatic N) is 4. The Kier molecular flexibility index (Phi) is 4.10. The number of nitrogens with one attached hydrogen (secondary N) is 1. The van der Waals surface area contributed by atoms with Crippen LogP contribution in [0, 0.1) is 0 Å². The minimum absolute atomic E-state index is 0.0619. The Morgan fingerprint density at radius 1 is 1.24 bits per heavy atom. The van der Waals surface area contributed by atoms with Crippen LogP contribution in [0.5, 0.6) is 0 Å². The van der Waals surface area contributed by atoms with Gasteiger partial charge in [0.1, 0.15) is 11.5 Å². The minimum atomic E-state index is -4.39. The molecule has 2 aliphatic rings. The van der Waals surface area contributed by atoms with E-state index in [-0.39, 0.29) is 18.2 Å². The maximum atomic E-state index is 13.3. The number of H-pyrrole nitrogens is 1. The minimum Gasteiger partial charge on any atom is -0.344 e. The third kappa shape index (κ3) is 3.07. The van der Waals surface area contributed by atoms with Gasteiger partial charge >= 0.3 is 6.18 Å². The number of aromatic nitrogens is 4. The summed E-state index contributed by atoms with van der Waals surface area (Å²) in [5.74, 6) is 0.918. The summed E-state index contributed by atoms with van der Waals surface area (Å²) in [6.45, 7) is 1.03. The normalized spacial score (nSPS) is 21.7. The van der Waals surface area contributed by atoms with E-state index in [0.29, 0.717) is 0 Å². The second-order valence-corrected chi connectivity index (χ2v) is 7.02. The van der Waals surface area contributed by atoms with E-state index >= 15 is 0 Å². The lowest BCUT2D eigenvalue weighted by Crippen LogP contribution is -2.25. The Labute approximate surface area is 144 Å². The molecular formula is C17H22F3N5. The lowest BCUT2D eigenvalue weighted by molar-refractivity contribution is -0.144. The van der Waals surface area contributed by atoms with Crippen LogP contribution in [0.1, 0.15) is 60.2 Å². The van der Waals surface area contributed by atoms with Crippen LogP contribution in [0.15, 0.2) is 6.20 Å². The van der Waals surface area contributed by atoms with Crippen molar-refractivity contribution in [3.8, 4) is 0 Å². The summed E-state index contributed by atoms with van der Waals surface area (Å²) in [6, 6.07) is 0.0619. The highest BCUT2D eigenvalue weighted by molar-refractivity contribution is 5.23. The van der Waals surface area contributed by atoms with E-state index in [9.17, 15) is 13.2 Å². The molecule has 1 aliphatic heterocycles. The number of imidazole rings is 1. The molecule has 4 rings (SSSR count). The van der Waals surface area contributed by atoms with Gasteiger partial charge in [-0.3, -0.25) is 9.58 Å². The number of aromatic amines is 1. The molecule has 1 N–H and O–H groups in total. The number of hydrogen-bond acceptors (Lipinski definition) is 3. The second kappa shape index (κ2) is 6.16. The van der Waals surface area contributed by atoms with Crippen LogP contribution in [0.2, 0.25) is 0 Å². The van der Waals surface area contributed by atoms with Crippen LogP contribution in [-0.4, -0.2) is 31.2 Å². The topological polar surface area (TPSA) is 49.7 Å². The smallest absolute Gasteiger partial charge is 0.344 e. The first-order chi connectivity index (χ1) is 11.9. The lowest BCUT2D eigenvalue weighted by Gasteiger charge is -2.23. The largest absolute Gasteiger partial charge is 0.433 e. The molecule has 8 heteroatoms. The molecule has 0 aromatic carbocycles. The van der Waals surface area contributed by atoms with Crippen molar-refractivity contribution in [3.05, 3.63) is 34.7 Å². The Hall–Kier alpha value is -1.83. The van der Waals surface area contributed by atoms with Crippen molar-refractivity contribution in [3.63, 3.8) is 0 Å². The van der Waals surface area contributed by atoms with Gasteiger partial charge in [-0.2, -0.15) is 18.3 Å². The molecule has 0 saturated carbocycles. The van der Waals surface area contributed by atoms with E-state index in [2.05, 4.69) is 15.0 Å². The zero-order valence-corrected chi connectivity index (χ0v) is 14.2. The average molecular weight is 353 g/mol. The molecule has 25 heavy (non-hydrogen) atoms. The van der Waals surface area contributed by atoms with Gasteiger partial charge in [0.25, 0.3) is 0 Å². The van der Waals surface area contributed by atoms with E-state index < -0.39 is 11.9 Å². The van der Waals surface area contributed by atoms with Gasteiger partial charge in [-0.15, -0.1) is 0 Å². The zero-order valence-electron chi connectivity index (χ0n) is 14.2. The Morgan fingerprint density at radius 3 is 2.80 bits per heavy atom. The molecule has 0 radical (unpaired) electrons. The third-order valence-corrected chi connectivity index (χ3v) is 5.31. The number of fused-ring (bicyclic) bond motifs is 1. The Balaban J connectivity index is 1.58. The fourth-order valence-electron chi connectivity index (χ4n) is 4.14. The van der Waals surface area contributed by atoms with E-state index in [1.165, 1.54) is 25.4 Å². The van der Waals surface area contributed by atoms with Crippen molar-refractivity contribution in [2.24, 2.45) is 7.05 Å². The SMILES string of the molecule is Cn1ncc(CN2CCC[C@@H]2c2nc3c([nH]2)CCCC3)c1C(F)(F)F. The number of aryl methyl sites for hydroxylation is 3. The summed E-state index contributed by atoms with van der Waals surface area (Å²) in [5, 5.41) is 3.82. The highest BCUT2D eigenvalue weighted by Crippen LogP contribution is 2.36. The molecule has 136 valence electrons. The van der Waals surface area contributed by atoms with Crippen molar-refractivity contribution in [1.29, 1.82) is 0 Å². The molecule has 1 atom stereocenters. The summed E-state index contributed by atoms with van der Waals surface area (Å²) in [6.07, 6.45) is 3.20. The molecule has 5 nitrogen and oxygen atoms in total. The molecule has 0 bridgehead atoms. The molecule has 0 spiro atoms. The van der Waals surface area contributed by atoms with Crippen molar-refractivity contribution in [2.75, 3.05) is 6.54 Å². The Morgan fingerprint density at radius 2 is 2.04 bits per heavy atom. The summed E-state index contributed by atoms with van der Waals surface area (Å²) < 4.78 is 40.8. The molecule has 0 unspecified atom stereocenters. The summed E-state index contributed by atoms with van der Waals surface area (Å²) >= 11 is 0. The zero-order chi connectivity index (χ0) is 17.6. The van der Waals surface area contributed by atoms with E-state index in [0.717, 1.165) is 54.8 Å². The van der Waals surface area contributed by atoms with Crippen molar-refractivity contribution >= 4 is 0 Å². The van der Waals surface area contributed by atoms with Gasteiger partial charge in [-0.1, -0.05) is 0 Å². The van der Waals surface area contributed by atoms with E-state index in [1.807, 2.05) is 0 Å². The number of alkyl halides is 3. The molecule has 1 aliphatic carbocycles. The van der Waals surface area contributed by atoms with Crippen LogP contribution in [-0.2, 0) is 32.6 Å². The maximum absolute atomic E-state index is 13.3. The van der Waals surface area contributed by atoms with Crippen molar-refractivity contribution in [1.82, 2.24) is 24.6 Å². The molecule has 1 saturated heterocycles. The molecule has 2 aromatic heterocycles. The maximum Gasteiger partial charge on any atom is 0.433 e. The monoisotopic (exact) mass is 353 g/mol. The van der Waals surface area contributed by atoms with E-state index in [4.69, 9.17) is 4.98 Å². The summed E-state index contributed by atoms with van der Waals surface area (Å²) in [7, 11) is 1.34. The Bertz CT molecular complexity index is 737. The predicted octanol–water partition coefficient (Wildman–Crippen LogP) is 3.38. The molecule has 0 amide bonds. The van der Waals surface area contributed by atoms with Crippen LogP contribution in [0.4, 0.5) is 13.2 Å². The lowest BCUT2D eigenvalue weighted by atomic mass is 10.0. The average Bonchev–Trinajstić information content (AvgIpc) is 3.24. The fourth-order valence-corrected chi connectivity index (χ4v) is 4.14. The van der Waals surface area contributed by atoms with Crippen molar-refractivity contribution in [2.45, 2.75) is 57.3 Å². The highest BCUT2D eigenvalue weighted by atomic mass is 19.4. The molecule has 3 heterocycles. The van der Waals surface area contributed by atoms with Crippen LogP contribution >= 0.6 is 0 Å². The van der Waals surface area contributed by atoms with Gasteiger partial charge in [0.05, 0.1) is 17.9 Å². The number of halogens is 3. The predicted molar refractivity (Wildman–Crippen MR) is 85.8 cm³/mol. The van der Waals surface area contributed by atoms with Crippen LogP contribution in [0.25, 0.3) is 0 Å². The fraction of sp³-hybridized carbons (Fsp3) is 0.647. The van der Waals surface area contributed by atoms with Gasteiger partial charge < -0.3 is 4.98 Å². The second-order valence-electron chi connectivity index (χ2n) is 7.02. The summed E-state index contributed by atoms with van der Waals surface area (Å²) in [4.78, 5) is 10.3. The van der Waals surface area contributed by atoms with Gasteiger partial charge in [0.2, 0.25) is 0 Å². The van der Waals surface area contributed by atoms with Crippen LogP contribution in [0.3, 0.4) is 0 Å². The van der Waals surface area contributed by atoms with E-state index in [1.54, 1.807) is 0 Å². The first-order valence-corrected chi connectivity index (χ1v) is 8.83. The molecular weight excluding hydrogens is 331 g/mol. The number of likely N-dealkylation sites (tertiary alicyclic amines) is 1. The molecule has 1 fully saturated rings. The van der Waals surface area contributed by atoms with Crippen LogP contribution < -0.4 is 0 Å². The highest BCUT2D eigenvalue weighted by Gasteiger charge is 2.39. The number of rotatable bonds is 3. The quantitative estimate of drug-likeness (QED) is 0.920. The summed E-state index contributed by atoms with van der Waals surface area (Å²) in [5.41, 5.74) is 1.94. The number of hydrogen-bond donors (Lipinski definition) is 1. The van der Waals surface area contributed by atoms with Gasteiger partial charge in [-0.25, -0.2) is 4.98 Å². The van der Waals surface area contributed by atoms with Gasteiger partial charge in [0.15, 0.2) is 0 Å². The first kappa shape index (κ1) is 16.6. The molecule has 2 aromatic rings. The van der Waals surface area contributed by atoms with Gasteiger partial charge in [0, 0.05) is 24.8 Å². The standard InChI is InChI=1S/C17H22F3N5/c1-24-15(17(18,19)20)11(9-21-24)10-25-8-4-7-14(25)16-22-12-5-2-3-6-13(12)23-16/h9,14H,2-8,10H2,1H3,(H,22,23)/t14-/m1/s1. The first-order valence-electron chi connectivity index (χ1n) is 8.83. The van der Waals surface area contributed by atoms with Crippen molar-refractivity contribution < 1.29 is 13.2 Å². The van der Waals surface area contributed by atoms with Gasteiger partial charge in [-0.05, 0) is 45.1 Å².